The van der Waals surface area contributed by atoms with E-state index in [1.807, 2.05) is 37.3 Å². The molecule has 0 unspecified atom stereocenters. The fourth-order valence-electron chi connectivity index (χ4n) is 2.74. The molecule has 22 heavy (non-hydrogen) atoms. The van der Waals surface area contributed by atoms with E-state index in [0.717, 1.165) is 23.0 Å². The zero-order chi connectivity index (χ0) is 15.4. The third-order valence-electron chi connectivity index (χ3n) is 3.71. The molecule has 1 aromatic heterocycles. The third kappa shape index (κ3) is 3.03. The molecule has 1 heterocycles. The number of benzene rings is 2. The largest absolute Gasteiger partial charge is 0.466 e. The molecule has 0 fully saturated rings. The lowest BCUT2D eigenvalue weighted by molar-refractivity contribution is -0.142. The Hall–Kier alpha value is -2.55. The van der Waals surface area contributed by atoms with Crippen molar-refractivity contribution in [2.24, 2.45) is 0 Å². The summed E-state index contributed by atoms with van der Waals surface area (Å²) in [5.74, 6) is -0.176. The molecule has 0 aliphatic carbocycles. The van der Waals surface area contributed by atoms with E-state index < -0.39 is 0 Å². The van der Waals surface area contributed by atoms with Crippen molar-refractivity contribution < 1.29 is 9.53 Å². The van der Waals surface area contributed by atoms with Gasteiger partial charge in [-0.05, 0) is 24.1 Å². The van der Waals surface area contributed by atoms with Gasteiger partial charge in [0.25, 0.3) is 0 Å². The van der Waals surface area contributed by atoms with Gasteiger partial charge in [-0.1, -0.05) is 48.5 Å². The summed E-state index contributed by atoms with van der Waals surface area (Å²) in [6.45, 7) is 3.04. The van der Waals surface area contributed by atoms with Crippen molar-refractivity contribution >= 4 is 16.9 Å². The van der Waals surface area contributed by atoms with E-state index in [9.17, 15) is 4.79 Å². The Morgan fingerprint density at radius 3 is 2.55 bits per heavy atom. The van der Waals surface area contributed by atoms with E-state index in [1.54, 1.807) is 0 Å². The van der Waals surface area contributed by atoms with Crippen LogP contribution in [0.2, 0.25) is 0 Å². The molecule has 0 amide bonds. The average molecular weight is 293 g/mol. The number of para-hydroxylation sites is 1. The molecule has 0 saturated heterocycles. The molecule has 112 valence electrons. The van der Waals surface area contributed by atoms with Crippen molar-refractivity contribution in [1.82, 2.24) is 4.57 Å². The molecule has 3 heteroatoms. The molecule has 3 nitrogen and oxygen atoms in total. The molecule has 0 radical (unpaired) electrons. The molecule has 0 bridgehead atoms. The van der Waals surface area contributed by atoms with Gasteiger partial charge in [-0.15, -0.1) is 0 Å². The van der Waals surface area contributed by atoms with Crippen LogP contribution in [0.15, 0.2) is 60.8 Å². The molecule has 3 aromatic rings. The predicted octanol–water partition coefficient (Wildman–Crippen LogP) is 3.80. The van der Waals surface area contributed by atoms with Crippen LogP contribution in [0.4, 0.5) is 0 Å². The number of hydrogen-bond donors (Lipinski definition) is 0. The van der Waals surface area contributed by atoms with Gasteiger partial charge in [-0.3, -0.25) is 4.79 Å². The van der Waals surface area contributed by atoms with Gasteiger partial charge in [-0.25, -0.2) is 0 Å². The maximum Gasteiger partial charge on any atom is 0.310 e. The number of aromatic nitrogens is 1. The number of esters is 1. The molecule has 0 spiro atoms. The number of carbonyl (C=O) groups excluding carboxylic acids is 1. The van der Waals surface area contributed by atoms with Gasteiger partial charge in [0, 0.05) is 23.6 Å². The van der Waals surface area contributed by atoms with E-state index in [-0.39, 0.29) is 5.97 Å². The maximum atomic E-state index is 11.8. The number of carbonyl (C=O) groups is 1. The van der Waals surface area contributed by atoms with E-state index in [4.69, 9.17) is 4.74 Å². The molecule has 0 N–H and O–H groups in total. The SMILES string of the molecule is CCOC(=O)Cc1cn(Cc2ccccc2)c2ccccc12. The summed E-state index contributed by atoms with van der Waals surface area (Å²) in [5.41, 5.74) is 3.40. The van der Waals surface area contributed by atoms with Crippen molar-refractivity contribution in [3.63, 3.8) is 0 Å². The highest BCUT2D eigenvalue weighted by atomic mass is 16.5. The van der Waals surface area contributed by atoms with Crippen molar-refractivity contribution in [3.05, 3.63) is 71.9 Å². The monoisotopic (exact) mass is 293 g/mol. The first-order valence-corrected chi connectivity index (χ1v) is 7.54. The Morgan fingerprint density at radius 2 is 1.77 bits per heavy atom. The van der Waals surface area contributed by atoms with Crippen LogP contribution >= 0.6 is 0 Å². The average Bonchev–Trinajstić information content (AvgIpc) is 2.87. The van der Waals surface area contributed by atoms with Crippen molar-refractivity contribution in [1.29, 1.82) is 0 Å². The lowest BCUT2D eigenvalue weighted by Crippen LogP contribution is -2.07. The summed E-state index contributed by atoms with van der Waals surface area (Å²) in [5, 5.41) is 1.12. The number of nitrogens with zero attached hydrogens (tertiary/aromatic N) is 1. The van der Waals surface area contributed by atoms with Crippen LogP contribution in [0.3, 0.4) is 0 Å². The first-order chi connectivity index (χ1) is 10.8. The molecule has 3 rings (SSSR count). The summed E-state index contributed by atoms with van der Waals surface area (Å²) >= 11 is 0. The Balaban J connectivity index is 1.95. The van der Waals surface area contributed by atoms with Crippen LogP contribution in [0.1, 0.15) is 18.1 Å². The quantitative estimate of drug-likeness (QED) is 0.670. The maximum absolute atomic E-state index is 11.8. The first kappa shape index (κ1) is 14.4. The highest BCUT2D eigenvalue weighted by molar-refractivity contribution is 5.88. The third-order valence-corrected chi connectivity index (χ3v) is 3.71. The predicted molar refractivity (Wildman–Crippen MR) is 87.8 cm³/mol. The first-order valence-electron chi connectivity index (χ1n) is 7.54. The van der Waals surface area contributed by atoms with Gasteiger partial charge < -0.3 is 9.30 Å². The number of fused-ring (bicyclic) bond motifs is 1. The summed E-state index contributed by atoms with van der Waals surface area (Å²) < 4.78 is 7.27. The van der Waals surface area contributed by atoms with Gasteiger partial charge in [0.1, 0.15) is 0 Å². The van der Waals surface area contributed by atoms with E-state index in [1.165, 1.54) is 5.56 Å². The molecular weight excluding hydrogens is 274 g/mol. The van der Waals surface area contributed by atoms with E-state index in [2.05, 4.69) is 35.0 Å². The summed E-state index contributed by atoms with van der Waals surface area (Å²) in [6, 6.07) is 18.5. The topological polar surface area (TPSA) is 31.2 Å². The molecule has 2 aromatic carbocycles. The van der Waals surface area contributed by atoms with E-state index in [0.29, 0.717) is 13.0 Å². The second kappa shape index (κ2) is 6.48. The molecule has 0 saturated carbocycles. The molecule has 0 aliphatic rings. The van der Waals surface area contributed by atoms with Crippen molar-refractivity contribution in [2.75, 3.05) is 6.61 Å². The smallest absolute Gasteiger partial charge is 0.310 e. The van der Waals surface area contributed by atoms with Crippen LogP contribution in [0.5, 0.6) is 0 Å². The molecular formula is C19H19NO2. The van der Waals surface area contributed by atoms with Crippen molar-refractivity contribution in [2.45, 2.75) is 19.9 Å². The Morgan fingerprint density at radius 1 is 1.05 bits per heavy atom. The lowest BCUT2D eigenvalue weighted by Gasteiger charge is -2.05. The minimum atomic E-state index is -0.176. The van der Waals surface area contributed by atoms with Gasteiger partial charge >= 0.3 is 5.97 Å². The minimum Gasteiger partial charge on any atom is -0.466 e. The number of hydrogen-bond acceptors (Lipinski definition) is 2. The van der Waals surface area contributed by atoms with Crippen LogP contribution in [-0.2, 0) is 22.5 Å². The zero-order valence-electron chi connectivity index (χ0n) is 12.7. The molecule has 0 aliphatic heterocycles. The number of ether oxygens (including phenoxy) is 1. The van der Waals surface area contributed by atoms with Crippen LogP contribution in [0.25, 0.3) is 10.9 Å². The van der Waals surface area contributed by atoms with Gasteiger partial charge in [0.05, 0.1) is 13.0 Å². The zero-order valence-corrected chi connectivity index (χ0v) is 12.7. The summed E-state index contributed by atoms with van der Waals surface area (Å²) in [6.07, 6.45) is 2.38. The standard InChI is InChI=1S/C19H19NO2/c1-2-22-19(21)12-16-14-20(13-15-8-4-3-5-9-15)18-11-7-6-10-17(16)18/h3-11,14H,2,12-13H2,1H3. The Labute approximate surface area is 130 Å². The molecule has 0 atom stereocenters. The normalized spacial score (nSPS) is 10.8. The van der Waals surface area contributed by atoms with Gasteiger partial charge in [0.15, 0.2) is 0 Å². The fourth-order valence-corrected chi connectivity index (χ4v) is 2.74. The van der Waals surface area contributed by atoms with Crippen LogP contribution in [0, 0.1) is 0 Å². The van der Waals surface area contributed by atoms with Gasteiger partial charge in [-0.2, -0.15) is 0 Å². The van der Waals surface area contributed by atoms with Crippen LogP contribution in [-0.4, -0.2) is 17.1 Å². The highest BCUT2D eigenvalue weighted by Crippen LogP contribution is 2.23. The highest BCUT2D eigenvalue weighted by Gasteiger charge is 2.12. The fraction of sp³-hybridized carbons (Fsp3) is 0.211. The summed E-state index contributed by atoms with van der Waals surface area (Å²) in [7, 11) is 0. The second-order valence-corrected chi connectivity index (χ2v) is 5.27. The summed E-state index contributed by atoms with van der Waals surface area (Å²) in [4.78, 5) is 11.8. The second-order valence-electron chi connectivity index (χ2n) is 5.27. The van der Waals surface area contributed by atoms with E-state index >= 15 is 0 Å². The van der Waals surface area contributed by atoms with Crippen molar-refractivity contribution in [3.8, 4) is 0 Å². The minimum absolute atomic E-state index is 0.176. The van der Waals surface area contributed by atoms with Crippen LogP contribution < -0.4 is 0 Å². The van der Waals surface area contributed by atoms with Gasteiger partial charge in [0.2, 0.25) is 0 Å². The Bertz CT molecular complexity index is 774. The Kier molecular flexibility index (Phi) is 4.24. The number of rotatable bonds is 5. The lowest BCUT2D eigenvalue weighted by atomic mass is 10.1.